The number of carbonyl (C=O) groups excluding carboxylic acids is 2. The van der Waals surface area contributed by atoms with Gasteiger partial charge in [0.15, 0.2) is 0 Å². The van der Waals surface area contributed by atoms with E-state index < -0.39 is 16.7 Å². The smallest absolute Gasteiger partial charge is 0.270 e. The third kappa shape index (κ3) is 3.64. The van der Waals surface area contributed by atoms with Crippen molar-refractivity contribution in [3.63, 3.8) is 0 Å². The number of hydrogen-bond acceptors (Lipinski definition) is 5. The second-order valence-electron chi connectivity index (χ2n) is 6.92. The van der Waals surface area contributed by atoms with Crippen LogP contribution in [-0.4, -0.2) is 29.0 Å². The molecular weight excluding hydrogens is 372 g/mol. The topological polar surface area (TPSA) is 114 Å². The Bertz CT molecular complexity index is 1050. The number of non-ortho nitro benzene ring substituents is 1. The van der Waals surface area contributed by atoms with E-state index in [0.717, 1.165) is 11.1 Å². The number of hydrogen-bond donors (Lipinski definition) is 2. The summed E-state index contributed by atoms with van der Waals surface area (Å²) in [4.78, 5) is 35.6. The van der Waals surface area contributed by atoms with Crippen molar-refractivity contribution in [2.24, 2.45) is 11.0 Å². The van der Waals surface area contributed by atoms with Gasteiger partial charge in [-0.3, -0.25) is 19.7 Å². The van der Waals surface area contributed by atoms with Gasteiger partial charge in [0.25, 0.3) is 11.6 Å². The van der Waals surface area contributed by atoms with Crippen LogP contribution in [0.25, 0.3) is 0 Å². The number of nitro groups is 1. The summed E-state index contributed by atoms with van der Waals surface area (Å²) < 4.78 is 0. The predicted molar refractivity (Wildman–Crippen MR) is 106 cm³/mol. The van der Waals surface area contributed by atoms with Crippen molar-refractivity contribution >= 4 is 23.2 Å². The molecule has 0 bridgehead atoms. The van der Waals surface area contributed by atoms with E-state index in [1.54, 1.807) is 12.1 Å². The zero-order valence-corrected chi connectivity index (χ0v) is 15.4. The van der Waals surface area contributed by atoms with Gasteiger partial charge in [-0.2, -0.15) is 5.10 Å². The van der Waals surface area contributed by atoms with Crippen molar-refractivity contribution in [2.45, 2.75) is 12.3 Å². The molecule has 2 aromatic rings. The summed E-state index contributed by atoms with van der Waals surface area (Å²) in [5.41, 5.74) is 5.23. The molecule has 0 aromatic heterocycles. The fraction of sp³-hybridized carbons (Fsp3) is 0.190. The molecule has 2 unspecified atom stereocenters. The number of fused-ring (bicyclic) bond motifs is 1. The Balaban J connectivity index is 1.57. The standard InChI is InChI=1S/C21H18N4O4/c26-20-19(17(12-22-20)13-5-2-1-3-6-13)21(27)24-23-18-8-4-7-14-9-10-15(25(28)29)11-16(14)18/h1-6,8-11,17,19H,7,12H2,(H,22,26)(H,24,27)/b23-18-. The summed E-state index contributed by atoms with van der Waals surface area (Å²) in [6.45, 7) is 0.381. The number of nitro benzene ring substituents is 1. The Morgan fingerprint density at radius 3 is 2.76 bits per heavy atom. The molecule has 1 aliphatic heterocycles. The average molecular weight is 390 g/mol. The van der Waals surface area contributed by atoms with Gasteiger partial charge in [0.2, 0.25) is 5.91 Å². The zero-order valence-electron chi connectivity index (χ0n) is 15.4. The molecule has 1 saturated heterocycles. The molecule has 2 N–H and O–H groups in total. The van der Waals surface area contributed by atoms with Crippen LogP contribution in [0.4, 0.5) is 5.69 Å². The molecule has 1 aliphatic carbocycles. The molecule has 2 atom stereocenters. The summed E-state index contributed by atoms with van der Waals surface area (Å²) in [5, 5.41) is 18.0. The molecule has 146 valence electrons. The minimum Gasteiger partial charge on any atom is -0.355 e. The molecule has 29 heavy (non-hydrogen) atoms. The third-order valence-corrected chi connectivity index (χ3v) is 5.17. The van der Waals surface area contributed by atoms with Gasteiger partial charge in [-0.15, -0.1) is 0 Å². The van der Waals surface area contributed by atoms with E-state index in [1.165, 1.54) is 12.1 Å². The van der Waals surface area contributed by atoms with Gasteiger partial charge in [-0.1, -0.05) is 42.5 Å². The first-order chi connectivity index (χ1) is 14.0. The highest BCUT2D eigenvalue weighted by atomic mass is 16.6. The maximum Gasteiger partial charge on any atom is 0.270 e. The van der Waals surface area contributed by atoms with Gasteiger partial charge < -0.3 is 5.32 Å². The van der Waals surface area contributed by atoms with E-state index in [0.29, 0.717) is 24.2 Å². The van der Waals surface area contributed by atoms with E-state index in [2.05, 4.69) is 15.8 Å². The van der Waals surface area contributed by atoms with E-state index in [9.17, 15) is 19.7 Å². The predicted octanol–water partition coefficient (Wildman–Crippen LogP) is 2.06. The third-order valence-electron chi connectivity index (χ3n) is 5.17. The maximum atomic E-state index is 12.8. The molecule has 1 fully saturated rings. The Labute approximate surface area is 166 Å². The number of nitrogens with one attached hydrogen (secondary N) is 2. The first-order valence-electron chi connectivity index (χ1n) is 9.19. The summed E-state index contributed by atoms with van der Waals surface area (Å²) in [6.07, 6.45) is 4.20. The minimum absolute atomic E-state index is 0.0441. The van der Waals surface area contributed by atoms with Crippen molar-refractivity contribution in [2.75, 3.05) is 6.54 Å². The van der Waals surface area contributed by atoms with Crippen LogP contribution in [-0.2, 0) is 16.0 Å². The van der Waals surface area contributed by atoms with Crippen LogP contribution in [0.3, 0.4) is 0 Å². The van der Waals surface area contributed by atoms with Crippen molar-refractivity contribution in [1.82, 2.24) is 10.7 Å². The van der Waals surface area contributed by atoms with E-state index in [4.69, 9.17) is 0 Å². The molecule has 4 rings (SSSR count). The van der Waals surface area contributed by atoms with Crippen molar-refractivity contribution in [3.05, 3.63) is 87.5 Å². The first-order valence-corrected chi connectivity index (χ1v) is 9.19. The number of rotatable bonds is 4. The first kappa shape index (κ1) is 18.5. The fourth-order valence-corrected chi connectivity index (χ4v) is 3.70. The summed E-state index contributed by atoms with van der Waals surface area (Å²) in [6, 6.07) is 14.0. The molecule has 8 nitrogen and oxygen atoms in total. The van der Waals surface area contributed by atoms with Gasteiger partial charge in [-0.25, -0.2) is 5.43 Å². The van der Waals surface area contributed by atoms with Crippen LogP contribution < -0.4 is 10.7 Å². The minimum atomic E-state index is -0.890. The molecule has 0 spiro atoms. The van der Waals surface area contributed by atoms with E-state index in [-0.39, 0.29) is 17.5 Å². The molecule has 0 radical (unpaired) electrons. The Kier molecular flexibility index (Phi) is 4.90. The highest BCUT2D eigenvalue weighted by Crippen LogP contribution is 2.29. The monoisotopic (exact) mass is 390 g/mol. The van der Waals surface area contributed by atoms with Crippen LogP contribution in [0.5, 0.6) is 0 Å². The Morgan fingerprint density at radius 1 is 1.21 bits per heavy atom. The number of amides is 2. The zero-order chi connectivity index (χ0) is 20.4. The lowest BCUT2D eigenvalue weighted by Gasteiger charge is -2.16. The second-order valence-corrected chi connectivity index (χ2v) is 6.92. The van der Waals surface area contributed by atoms with Gasteiger partial charge >= 0.3 is 0 Å². The highest BCUT2D eigenvalue weighted by Gasteiger charge is 2.41. The molecule has 2 amide bonds. The number of allylic oxidation sites excluding steroid dienone is 2. The lowest BCUT2D eigenvalue weighted by atomic mass is 9.88. The quantitative estimate of drug-likeness (QED) is 0.472. The number of nitrogens with zero attached hydrogens (tertiary/aromatic N) is 2. The van der Waals surface area contributed by atoms with Crippen LogP contribution in [0.2, 0.25) is 0 Å². The molecule has 2 aromatic carbocycles. The van der Waals surface area contributed by atoms with Gasteiger partial charge in [0, 0.05) is 30.2 Å². The van der Waals surface area contributed by atoms with Crippen molar-refractivity contribution in [3.8, 4) is 0 Å². The molecular formula is C21H18N4O4. The average Bonchev–Trinajstić information content (AvgIpc) is 3.13. The van der Waals surface area contributed by atoms with Gasteiger partial charge in [0.1, 0.15) is 5.92 Å². The summed E-state index contributed by atoms with van der Waals surface area (Å²) >= 11 is 0. The summed E-state index contributed by atoms with van der Waals surface area (Å²) in [5.74, 6) is -2.02. The van der Waals surface area contributed by atoms with Gasteiger partial charge in [0.05, 0.1) is 10.6 Å². The highest BCUT2D eigenvalue weighted by molar-refractivity contribution is 6.12. The molecule has 0 saturated carbocycles. The SMILES string of the molecule is O=C1NCC(c2ccccc2)C1C(=O)N/N=C1/C=CCc2ccc([N+](=O)[O-])cc21. The lowest BCUT2D eigenvalue weighted by molar-refractivity contribution is -0.384. The molecule has 1 heterocycles. The van der Waals surface area contributed by atoms with E-state index in [1.807, 2.05) is 36.4 Å². The number of carbonyl (C=O) groups is 2. The summed E-state index contributed by atoms with van der Waals surface area (Å²) in [7, 11) is 0. The number of benzene rings is 2. The molecule has 2 aliphatic rings. The Hall–Kier alpha value is -3.81. The fourth-order valence-electron chi connectivity index (χ4n) is 3.70. The number of hydrazone groups is 1. The van der Waals surface area contributed by atoms with Crippen molar-refractivity contribution < 1.29 is 14.5 Å². The maximum absolute atomic E-state index is 12.8. The van der Waals surface area contributed by atoms with Crippen molar-refractivity contribution in [1.29, 1.82) is 0 Å². The van der Waals surface area contributed by atoms with Crippen LogP contribution in [0.1, 0.15) is 22.6 Å². The van der Waals surface area contributed by atoms with Crippen LogP contribution in [0, 0.1) is 16.0 Å². The van der Waals surface area contributed by atoms with Gasteiger partial charge in [-0.05, 0) is 23.6 Å². The lowest BCUT2D eigenvalue weighted by Crippen LogP contribution is -2.35. The normalized spacial score (nSPS) is 21.5. The van der Waals surface area contributed by atoms with E-state index >= 15 is 0 Å². The molecule has 8 heteroatoms. The largest absolute Gasteiger partial charge is 0.355 e. The Morgan fingerprint density at radius 2 is 2.00 bits per heavy atom. The van der Waals surface area contributed by atoms with Crippen LogP contribution in [0.15, 0.2) is 65.8 Å². The second kappa shape index (κ2) is 7.67. The van der Waals surface area contributed by atoms with Crippen LogP contribution >= 0.6 is 0 Å².